The molecule has 0 radical (unpaired) electrons. The van der Waals surface area contributed by atoms with Gasteiger partial charge in [-0.05, 0) is 6.92 Å². The minimum absolute atomic E-state index is 0.0352. The molecular formula is C10H16N4O3. The first-order valence-corrected chi connectivity index (χ1v) is 5.63. The molecule has 0 aliphatic carbocycles. The fourth-order valence-corrected chi connectivity index (χ4v) is 1.84. The van der Waals surface area contributed by atoms with E-state index < -0.39 is 0 Å². The first kappa shape index (κ1) is 12.0. The number of carbonyl (C=O) groups excluding carboxylic acids is 2. The van der Waals surface area contributed by atoms with Crippen molar-refractivity contribution >= 4 is 18.2 Å². The predicted molar refractivity (Wildman–Crippen MR) is 60.4 cm³/mol. The van der Waals surface area contributed by atoms with Crippen molar-refractivity contribution in [2.75, 3.05) is 39.5 Å². The van der Waals surface area contributed by atoms with E-state index in [4.69, 9.17) is 4.74 Å². The zero-order valence-corrected chi connectivity index (χ0v) is 9.83. The Morgan fingerprint density at radius 1 is 1.35 bits per heavy atom. The minimum atomic E-state index is -0.348. The molecular weight excluding hydrogens is 224 g/mol. The number of hydrogen-bond donors (Lipinski definition) is 0. The van der Waals surface area contributed by atoms with Crippen LogP contribution < -0.4 is 0 Å². The van der Waals surface area contributed by atoms with Crippen LogP contribution in [0.3, 0.4) is 0 Å². The van der Waals surface area contributed by atoms with Crippen LogP contribution in [0.1, 0.15) is 6.92 Å². The van der Waals surface area contributed by atoms with Gasteiger partial charge in [0.05, 0.1) is 19.9 Å². The number of hydrazone groups is 1. The van der Waals surface area contributed by atoms with E-state index in [1.54, 1.807) is 6.92 Å². The smallest absolute Gasteiger partial charge is 0.348 e. The van der Waals surface area contributed by atoms with E-state index in [0.717, 1.165) is 13.1 Å². The molecule has 0 aromatic rings. The molecule has 2 fully saturated rings. The first-order chi connectivity index (χ1) is 8.22. The van der Waals surface area contributed by atoms with Gasteiger partial charge in [-0.1, -0.05) is 0 Å². The molecule has 0 saturated carbocycles. The van der Waals surface area contributed by atoms with Crippen molar-refractivity contribution in [1.82, 2.24) is 14.8 Å². The van der Waals surface area contributed by atoms with Crippen LogP contribution in [0.2, 0.25) is 0 Å². The number of imide groups is 1. The monoisotopic (exact) mass is 240 g/mol. The second-order valence-electron chi connectivity index (χ2n) is 3.91. The summed E-state index contributed by atoms with van der Waals surface area (Å²) in [7, 11) is 0. The molecule has 7 heteroatoms. The van der Waals surface area contributed by atoms with Crippen LogP contribution in [0.4, 0.5) is 4.79 Å². The maximum Gasteiger partial charge on any atom is 0.348 e. The van der Waals surface area contributed by atoms with E-state index in [0.29, 0.717) is 19.9 Å². The Kier molecular flexibility index (Phi) is 3.70. The van der Waals surface area contributed by atoms with Gasteiger partial charge >= 0.3 is 6.03 Å². The summed E-state index contributed by atoms with van der Waals surface area (Å²) in [5.41, 5.74) is 0. The van der Waals surface area contributed by atoms with Gasteiger partial charge in [-0.2, -0.15) is 5.10 Å². The lowest BCUT2D eigenvalue weighted by atomic mass is 10.4. The van der Waals surface area contributed by atoms with Gasteiger partial charge in [-0.3, -0.25) is 9.69 Å². The van der Waals surface area contributed by atoms with E-state index in [1.165, 1.54) is 16.1 Å². The number of hydrogen-bond acceptors (Lipinski definition) is 5. The highest BCUT2D eigenvalue weighted by Crippen LogP contribution is 2.11. The van der Waals surface area contributed by atoms with Crippen LogP contribution in [0, 0.1) is 0 Å². The fourth-order valence-electron chi connectivity index (χ4n) is 1.84. The quantitative estimate of drug-likeness (QED) is 0.495. The summed E-state index contributed by atoms with van der Waals surface area (Å²) in [6, 6.07) is -0.348. The van der Waals surface area contributed by atoms with Gasteiger partial charge in [-0.25, -0.2) is 14.7 Å². The highest BCUT2D eigenvalue weighted by Gasteiger charge is 2.36. The molecule has 3 amide bonds. The van der Waals surface area contributed by atoms with Gasteiger partial charge in [-0.15, -0.1) is 0 Å². The van der Waals surface area contributed by atoms with Crippen molar-refractivity contribution in [2.24, 2.45) is 5.10 Å². The Hall–Kier alpha value is -1.47. The van der Waals surface area contributed by atoms with E-state index >= 15 is 0 Å². The van der Waals surface area contributed by atoms with E-state index in [9.17, 15) is 9.59 Å². The van der Waals surface area contributed by atoms with Gasteiger partial charge in [0.25, 0.3) is 5.91 Å². The van der Waals surface area contributed by atoms with Gasteiger partial charge < -0.3 is 4.74 Å². The number of urea groups is 1. The molecule has 2 heterocycles. The van der Waals surface area contributed by atoms with E-state index in [2.05, 4.69) is 5.10 Å². The van der Waals surface area contributed by atoms with Crippen LogP contribution >= 0.6 is 0 Å². The number of carbonyl (C=O) groups is 2. The Morgan fingerprint density at radius 2 is 2.06 bits per heavy atom. The summed E-state index contributed by atoms with van der Waals surface area (Å²) in [6.45, 7) is 4.86. The molecule has 0 N–H and O–H groups in total. The summed E-state index contributed by atoms with van der Waals surface area (Å²) in [5, 5.41) is 5.03. The van der Waals surface area contributed by atoms with Crippen LogP contribution in [0.15, 0.2) is 5.10 Å². The number of morpholine rings is 1. The minimum Gasteiger partial charge on any atom is -0.379 e. The van der Waals surface area contributed by atoms with Gasteiger partial charge in [0.1, 0.15) is 6.54 Å². The maximum absolute atomic E-state index is 11.8. The molecule has 0 atom stereocenters. The standard InChI is InChI=1S/C10H16N4O3/c1-2-11-14-7-9(15)13(10(14)16)8-12-3-5-17-6-4-12/h2H,3-8H2,1H3/b11-2+. The van der Waals surface area contributed by atoms with Crippen molar-refractivity contribution in [3.05, 3.63) is 0 Å². The number of ether oxygens (including phenoxy) is 1. The lowest BCUT2D eigenvalue weighted by Crippen LogP contribution is -2.46. The fraction of sp³-hybridized carbons (Fsp3) is 0.700. The third-order valence-corrected chi connectivity index (χ3v) is 2.74. The second-order valence-corrected chi connectivity index (χ2v) is 3.91. The Balaban J connectivity index is 1.95. The molecule has 17 heavy (non-hydrogen) atoms. The molecule has 2 aliphatic rings. The molecule has 94 valence electrons. The highest BCUT2D eigenvalue weighted by molar-refractivity contribution is 6.01. The predicted octanol–water partition coefficient (Wildman–Crippen LogP) is -0.454. The van der Waals surface area contributed by atoms with Crippen molar-refractivity contribution in [1.29, 1.82) is 0 Å². The van der Waals surface area contributed by atoms with Crippen molar-refractivity contribution in [3.63, 3.8) is 0 Å². The van der Waals surface area contributed by atoms with Gasteiger partial charge in [0.15, 0.2) is 0 Å². The van der Waals surface area contributed by atoms with Gasteiger partial charge in [0, 0.05) is 19.3 Å². The summed E-state index contributed by atoms with van der Waals surface area (Å²) >= 11 is 0. The zero-order valence-electron chi connectivity index (χ0n) is 9.83. The normalized spacial score (nSPS) is 23.1. The van der Waals surface area contributed by atoms with Crippen LogP contribution in [0.5, 0.6) is 0 Å². The molecule has 2 rings (SSSR count). The maximum atomic E-state index is 11.8. The lowest BCUT2D eigenvalue weighted by Gasteiger charge is -2.29. The third kappa shape index (κ3) is 2.62. The second kappa shape index (κ2) is 5.24. The largest absolute Gasteiger partial charge is 0.379 e. The summed E-state index contributed by atoms with van der Waals surface area (Å²) in [4.78, 5) is 26.8. The van der Waals surface area contributed by atoms with Crippen LogP contribution in [0.25, 0.3) is 0 Å². The molecule has 2 aliphatic heterocycles. The number of amides is 3. The summed E-state index contributed by atoms with van der Waals surface area (Å²) in [5.74, 6) is -0.202. The summed E-state index contributed by atoms with van der Waals surface area (Å²) in [6.07, 6.45) is 1.50. The molecule has 0 unspecified atom stereocenters. The van der Waals surface area contributed by atoms with Crippen LogP contribution in [-0.4, -0.2) is 72.5 Å². The molecule has 2 saturated heterocycles. The molecule has 0 aromatic heterocycles. The van der Waals surface area contributed by atoms with Gasteiger partial charge in [0.2, 0.25) is 0 Å². The van der Waals surface area contributed by atoms with E-state index in [1.807, 2.05) is 4.90 Å². The molecule has 0 spiro atoms. The third-order valence-electron chi connectivity index (χ3n) is 2.74. The zero-order chi connectivity index (χ0) is 12.3. The molecule has 7 nitrogen and oxygen atoms in total. The molecule has 0 bridgehead atoms. The van der Waals surface area contributed by atoms with E-state index in [-0.39, 0.29) is 18.5 Å². The summed E-state index contributed by atoms with van der Waals surface area (Å²) < 4.78 is 5.21. The van der Waals surface area contributed by atoms with Crippen molar-refractivity contribution in [2.45, 2.75) is 6.92 Å². The highest BCUT2D eigenvalue weighted by atomic mass is 16.5. The Bertz CT molecular complexity index is 338. The average molecular weight is 240 g/mol. The first-order valence-electron chi connectivity index (χ1n) is 5.63. The number of rotatable bonds is 3. The average Bonchev–Trinajstić information content (AvgIpc) is 2.59. The Labute approximate surface area is 99.6 Å². The van der Waals surface area contributed by atoms with Crippen LogP contribution in [-0.2, 0) is 9.53 Å². The lowest BCUT2D eigenvalue weighted by molar-refractivity contribution is -0.127. The number of nitrogens with zero attached hydrogens (tertiary/aromatic N) is 4. The van der Waals surface area contributed by atoms with Crippen molar-refractivity contribution in [3.8, 4) is 0 Å². The van der Waals surface area contributed by atoms with Crippen molar-refractivity contribution < 1.29 is 14.3 Å². The SMILES string of the molecule is C/C=N/N1CC(=O)N(CN2CCOCC2)C1=O. The Morgan fingerprint density at radius 3 is 2.71 bits per heavy atom. The molecule has 0 aromatic carbocycles. The topological polar surface area (TPSA) is 65.5 Å².